The molecular weight excluding hydrogens is 604 g/mol. The lowest BCUT2D eigenvalue weighted by molar-refractivity contribution is -0.154. The molecule has 3 unspecified atom stereocenters. The summed E-state index contributed by atoms with van der Waals surface area (Å²) < 4.78 is 4.90. The molecule has 0 radical (unpaired) electrons. The first-order valence-electron chi connectivity index (χ1n) is 13.5. The van der Waals surface area contributed by atoms with E-state index in [2.05, 4.69) is 29.1 Å². The smallest absolute Gasteiger partial charge is 0.310 e. The molecule has 2 amide bonds. The van der Waals surface area contributed by atoms with Gasteiger partial charge in [-0.05, 0) is 62.8 Å². The zero-order valence-electron chi connectivity index (χ0n) is 22.0. The second kappa shape index (κ2) is 13.2. The first-order valence-corrected chi connectivity index (χ1v) is 15.7. The Morgan fingerprint density at radius 3 is 2.62 bits per heavy atom. The molecule has 10 heteroatoms. The number of amides is 2. The molecule has 0 saturated carbocycles. The van der Waals surface area contributed by atoms with E-state index in [-0.39, 0.29) is 47.6 Å². The second-order valence-corrected chi connectivity index (χ2v) is 13.4. The number of fused-ring (bicyclic) bond motifs is 1. The topological polar surface area (TPSA) is 87.1 Å². The molecule has 0 aliphatic carbocycles. The lowest BCUT2D eigenvalue weighted by atomic mass is 9.71. The molecule has 39 heavy (non-hydrogen) atoms. The number of ether oxygens (including phenoxy) is 1. The normalized spacial score (nSPS) is 28.8. The van der Waals surface area contributed by atoms with Gasteiger partial charge in [0.1, 0.15) is 6.04 Å². The highest BCUT2D eigenvalue weighted by atomic mass is 79.9. The largest absolute Gasteiger partial charge is 0.465 e. The van der Waals surface area contributed by atoms with Crippen molar-refractivity contribution < 1.29 is 24.2 Å². The van der Waals surface area contributed by atoms with Gasteiger partial charge in [-0.2, -0.15) is 0 Å². The Morgan fingerprint density at radius 1 is 1.21 bits per heavy atom. The van der Waals surface area contributed by atoms with Crippen LogP contribution < -0.4 is 4.90 Å². The van der Waals surface area contributed by atoms with Crippen LogP contribution in [-0.4, -0.2) is 75.0 Å². The first-order chi connectivity index (χ1) is 18.8. The predicted molar refractivity (Wildman–Crippen MR) is 159 cm³/mol. The van der Waals surface area contributed by atoms with Gasteiger partial charge in [0.25, 0.3) is 5.91 Å². The molecule has 1 spiro atoms. The number of hydrogen-bond donors (Lipinski definition) is 1. The van der Waals surface area contributed by atoms with Crippen LogP contribution in [0.1, 0.15) is 38.5 Å². The molecule has 1 aromatic carbocycles. The van der Waals surface area contributed by atoms with Crippen LogP contribution in [0, 0.1) is 11.8 Å². The van der Waals surface area contributed by atoms with E-state index in [0.29, 0.717) is 42.9 Å². The third kappa shape index (κ3) is 5.83. The first kappa shape index (κ1) is 30.2. The van der Waals surface area contributed by atoms with Crippen molar-refractivity contribution in [3.63, 3.8) is 0 Å². The molecule has 3 aliphatic heterocycles. The molecule has 212 valence electrons. The lowest BCUT2D eigenvalue weighted by Crippen LogP contribution is -2.55. The maximum absolute atomic E-state index is 14.5. The summed E-state index contributed by atoms with van der Waals surface area (Å²) in [4.78, 5) is 45.3. The Bertz CT molecular complexity index is 1090. The number of halogens is 2. The van der Waals surface area contributed by atoms with Crippen molar-refractivity contribution >= 4 is 62.8 Å². The van der Waals surface area contributed by atoms with E-state index in [9.17, 15) is 19.5 Å². The molecule has 2 bridgehead atoms. The molecule has 3 heterocycles. The van der Waals surface area contributed by atoms with Gasteiger partial charge in [0.15, 0.2) is 0 Å². The highest BCUT2D eigenvalue weighted by Gasteiger charge is 2.76. The SMILES string of the molecule is C=CCCCOC(=O)[C@H]1[C@H]2C(=O)N(CCCCCO)C(C(=O)N(CC=C)c3ccc(Cl)cc3)C23CC(Br)[C@@H]1S3. The summed E-state index contributed by atoms with van der Waals surface area (Å²) >= 11 is 11.5. The Labute approximate surface area is 248 Å². The molecule has 0 aromatic heterocycles. The summed E-state index contributed by atoms with van der Waals surface area (Å²) in [5.74, 6) is -1.96. The van der Waals surface area contributed by atoms with E-state index in [4.69, 9.17) is 16.3 Å². The molecular formula is C29H36BrClN2O5S. The van der Waals surface area contributed by atoms with Crippen LogP contribution >= 0.6 is 39.3 Å². The minimum atomic E-state index is -0.749. The molecule has 6 atom stereocenters. The van der Waals surface area contributed by atoms with Crippen LogP contribution in [0.4, 0.5) is 5.69 Å². The van der Waals surface area contributed by atoms with Crippen LogP contribution in [0.3, 0.4) is 0 Å². The molecule has 7 nitrogen and oxygen atoms in total. The minimum Gasteiger partial charge on any atom is -0.465 e. The molecule has 3 aliphatic rings. The number of carbonyl (C=O) groups is 3. The number of anilines is 1. The quantitative estimate of drug-likeness (QED) is 0.134. The van der Waals surface area contributed by atoms with Gasteiger partial charge in [0, 0.05) is 40.5 Å². The van der Waals surface area contributed by atoms with Crippen LogP contribution in [0.15, 0.2) is 49.6 Å². The van der Waals surface area contributed by atoms with Crippen molar-refractivity contribution in [2.24, 2.45) is 11.8 Å². The number of aliphatic hydroxyl groups excluding tert-OH is 1. The number of rotatable bonds is 14. The standard InChI is InChI=1S/C29H36BrClN2O5S/c1-3-5-9-17-38-28(37)22-23-26(35)33(15-7-6-8-16-34)25(29(23)18-21(30)24(22)39-29)27(36)32(14-4-2)20-12-10-19(31)11-13-20/h3-4,10-13,21-25,34H,1-2,5-9,14-18H2/t21?,22-,23-,24-,25?,29?/m0/s1. The maximum atomic E-state index is 14.5. The van der Waals surface area contributed by atoms with E-state index in [1.807, 2.05) is 0 Å². The van der Waals surface area contributed by atoms with E-state index in [1.54, 1.807) is 58.0 Å². The van der Waals surface area contributed by atoms with Crippen LogP contribution in [0.2, 0.25) is 5.02 Å². The lowest BCUT2D eigenvalue weighted by Gasteiger charge is -2.37. The summed E-state index contributed by atoms with van der Waals surface area (Å²) in [6.07, 6.45) is 7.49. The fourth-order valence-electron chi connectivity index (χ4n) is 6.21. The number of esters is 1. The predicted octanol–water partition coefficient (Wildman–Crippen LogP) is 5.00. The maximum Gasteiger partial charge on any atom is 0.310 e. The molecule has 3 saturated heterocycles. The Hall–Kier alpha value is -1.81. The minimum absolute atomic E-state index is 0.0229. The highest BCUT2D eigenvalue weighted by Crippen LogP contribution is 2.68. The van der Waals surface area contributed by atoms with E-state index >= 15 is 0 Å². The number of carbonyl (C=O) groups excluding carboxylic acids is 3. The average Bonchev–Trinajstić information content (AvgIpc) is 3.51. The van der Waals surface area contributed by atoms with Crippen molar-refractivity contribution in [2.45, 2.75) is 59.4 Å². The van der Waals surface area contributed by atoms with Gasteiger partial charge in [-0.1, -0.05) is 39.7 Å². The number of alkyl halides is 1. The fourth-order valence-corrected chi connectivity index (χ4v) is 9.93. The third-order valence-electron chi connectivity index (χ3n) is 7.87. The van der Waals surface area contributed by atoms with Crippen molar-refractivity contribution in [2.75, 3.05) is 31.2 Å². The van der Waals surface area contributed by atoms with Gasteiger partial charge in [0.2, 0.25) is 5.91 Å². The summed E-state index contributed by atoms with van der Waals surface area (Å²) in [6, 6.07) is 6.30. The number of allylic oxidation sites excluding steroid dienone is 1. The number of likely N-dealkylation sites (tertiary alicyclic amines) is 1. The van der Waals surface area contributed by atoms with Gasteiger partial charge in [-0.25, -0.2) is 0 Å². The van der Waals surface area contributed by atoms with Gasteiger partial charge in [-0.3, -0.25) is 14.4 Å². The number of benzene rings is 1. The van der Waals surface area contributed by atoms with E-state index in [0.717, 1.165) is 12.8 Å². The number of aliphatic hydroxyl groups is 1. The number of thioether (sulfide) groups is 1. The van der Waals surface area contributed by atoms with Crippen LogP contribution in [-0.2, 0) is 19.1 Å². The molecule has 1 aromatic rings. The molecule has 3 fully saturated rings. The zero-order chi connectivity index (χ0) is 28.2. The summed E-state index contributed by atoms with van der Waals surface area (Å²) in [6.45, 7) is 8.57. The number of nitrogens with zero attached hydrogens (tertiary/aromatic N) is 2. The Balaban J connectivity index is 1.69. The van der Waals surface area contributed by atoms with E-state index in [1.165, 1.54) is 0 Å². The van der Waals surface area contributed by atoms with E-state index < -0.39 is 22.6 Å². The van der Waals surface area contributed by atoms with Crippen molar-refractivity contribution in [1.82, 2.24) is 4.90 Å². The third-order valence-corrected chi connectivity index (χ3v) is 11.3. The van der Waals surface area contributed by atoms with Gasteiger partial charge in [-0.15, -0.1) is 24.9 Å². The van der Waals surface area contributed by atoms with Crippen molar-refractivity contribution in [1.29, 1.82) is 0 Å². The summed E-state index contributed by atoms with van der Waals surface area (Å²) in [5, 5.41) is 9.66. The number of unbranched alkanes of at least 4 members (excludes halogenated alkanes) is 3. The number of hydrogen-bond acceptors (Lipinski definition) is 6. The highest BCUT2D eigenvalue weighted by molar-refractivity contribution is 9.09. The second-order valence-electron chi connectivity index (χ2n) is 10.3. The van der Waals surface area contributed by atoms with Gasteiger partial charge >= 0.3 is 5.97 Å². The fraction of sp³-hybridized carbons (Fsp3) is 0.552. The van der Waals surface area contributed by atoms with Crippen LogP contribution in [0.5, 0.6) is 0 Å². The van der Waals surface area contributed by atoms with Crippen molar-refractivity contribution in [3.05, 3.63) is 54.6 Å². The van der Waals surface area contributed by atoms with Crippen LogP contribution in [0.25, 0.3) is 0 Å². The van der Waals surface area contributed by atoms with Gasteiger partial charge in [0.05, 0.1) is 23.2 Å². The average molecular weight is 640 g/mol. The van der Waals surface area contributed by atoms with Gasteiger partial charge < -0.3 is 19.6 Å². The Kier molecular flexibility index (Phi) is 10.2. The Morgan fingerprint density at radius 2 is 1.95 bits per heavy atom. The summed E-state index contributed by atoms with van der Waals surface area (Å²) in [7, 11) is 0. The monoisotopic (exact) mass is 638 g/mol. The van der Waals surface area contributed by atoms with Crippen molar-refractivity contribution in [3.8, 4) is 0 Å². The molecule has 1 N–H and O–H groups in total. The zero-order valence-corrected chi connectivity index (χ0v) is 25.1. The molecule has 4 rings (SSSR count). The summed E-state index contributed by atoms with van der Waals surface area (Å²) in [5.41, 5.74) is 0.669.